The van der Waals surface area contributed by atoms with Crippen molar-refractivity contribution in [3.05, 3.63) is 36.5 Å². The summed E-state index contributed by atoms with van der Waals surface area (Å²) in [6, 6.07) is 8.66. The second-order valence-corrected chi connectivity index (χ2v) is 12.6. The van der Waals surface area contributed by atoms with E-state index in [2.05, 4.69) is 9.71 Å². The van der Waals surface area contributed by atoms with Crippen LogP contribution in [0.1, 0.15) is 51.4 Å². The van der Waals surface area contributed by atoms with E-state index in [1.807, 2.05) is 12.1 Å². The molecule has 0 saturated heterocycles. The lowest BCUT2D eigenvalue weighted by molar-refractivity contribution is -0.151. The van der Waals surface area contributed by atoms with Crippen molar-refractivity contribution in [3.8, 4) is 0 Å². The van der Waals surface area contributed by atoms with Crippen LogP contribution in [0, 0.1) is 29.1 Å². The summed E-state index contributed by atoms with van der Waals surface area (Å²) in [5, 5.41) is 0.744. The average molecular weight is 468 g/mol. The zero-order valence-electron chi connectivity index (χ0n) is 18.5. The van der Waals surface area contributed by atoms with Crippen LogP contribution in [-0.4, -0.2) is 30.6 Å². The highest BCUT2D eigenvalue weighted by Crippen LogP contribution is 2.63. The number of rotatable bonds is 7. The van der Waals surface area contributed by atoms with Crippen molar-refractivity contribution in [2.75, 3.05) is 0 Å². The summed E-state index contributed by atoms with van der Waals surface area (Å²) in [5.74, 6) is 1.24. The van der Waals surface area contributed by atoms with Crippen LogP contribution in [0.2, 0.25) is 0 Å². The standard InChI is InChI=1S/C25H29N3O4S/c26-23(30)24-12-15-9-17(13-24)19(18(10-15)14-24)11-21(29)25(6-7-25)28-33(31,32)20-5-1-3-16-4-2-8-27-22(16)20/h1-5,8,15,17-19,28H,6-7,9-14H2,(H2,26,30). The molecule has 5 fully saturated rings. The second kappa shape index (κ2) is 7.09. The molecule has 7 nitrogen and oxygen atoms in total. The Labute approximate surface area is 193 Å². The number of hydrogen-bond donors (Lipinski definition) is 2. The van der Waals surface area contributed by atoms with Gasteiger partial charge in [0.25, 0.3) is 0 Å². The Bertz CT molecular complexity index is 1250. The third kappa shape index (κ3) is 3.33. The normalized spacial score (nSPS) is 33.8. The van der Waals surface area contributed by atoms with Crippen LogP contribution in [0.25, 0.3) is 10.9 Å². The molecule has 1 aromatic heterocycles. The van der Waals surface area contributed by atoms with Gasteiger partial charge in [-0.1, -0.05) is 18.2 Å². The Morgan fingerprint density at radius 2 is 1.76 bits per heavy atom. The van der Waals surface area contributed by atoms with Gasteiger partial charge >= 0.3 is 0 Å². The predicted molar refractivity (Wildman–Crippen MR) is 122 cm³/mol. The summed E-state index contributed by atoms with van der Waals surface area (Å²) >= 11 is 0. The summed E-state index contributed by atoms with van der Waals surface area (Å²) < 4.78 is 29.4. The van der Waals surface area contributed by atoms with E-state index in [1.165, 1.54) is 0 Å². The largest absolute Gasteiger partial charge is 0.369 e. The summed E-state index contributed by atoms with van der Waals surface area (Å²) in [4.78, 5) is 30.1. The summed E-state index contributed by atoms with van der Waals surface area (Å²) in [7, 11) is -3.90. The number of Topliss-reactive ketones (excluding diaryl/α,β-unsaturated/α-hetero) is 1. The van der Waals surface area contributed by atoms with Gasteiger partial charge in [0.05, 0.1) is 11.1 Å². The molecule has 0 spiro atoms. The molecule has 4 bridgehead atoms. The number of carbonyl (C=O) groups excluding carboxylic acids is 2. The fraction of sp³-hybridized carbons (Fsp3) is 0.560. The molecule has 1 amide bonds. The molecule has 0 aliphatic heterocycles. The van der Waals surface area contributed by atoms with Crippen LogP contribution in [0.4, 0.5) is 0 Å². The first-order chi connectivity index (χ1) is 15.7. The highest BCUT2D eigenvalue weighted by Gasteiger charge is 2.60. The molecular formula is C25H29N3O4S. The van der Waals surface area contributed by atoms with E-state index in [1.54, 1.807) is 24.4 Å². The number of carbonyl (C=O) groups is 2. The number of amides is 1. The number of ketones is 1. The molecule has 174 valence electrons. The first-order valence-electron chi connectivity index (χ1n) is 11.9. The number of aromatic nitrogens is 1. The van der Waals surface area contributed by atoms with E-state index in [4.69, 9.17) is 5.73 Å². The van der Waals surface area contributed by atoms with Crippen molar-refractivity contribution < 1.29 is 18.0 Å². The van der Waals surface area contributed by atoms with E-state index >= 15 is 0 Å². The first-order valence-corrected chi connectivity index (χ1v) is 13.4. The highest BCUT2D eigenvalue weighted by atomic mass is 32.2. The van der Waals surface area contributed by atoms with Crippen molar-refractivity contribution in [2.24, 2.45) is 34.8 Å². The quantitative estimate of drug-likeness (QED) is 0.649. The van der Waals surface area contributed by atoms with E-state index in [9.17, 15) is 18.0 Å². The van der Waals surface area contributed by atoms with Gasteiger partial charge in [-0.05, 0) is 80.8 Å². The highest BCUT2D eigenvalue weighted by molar-refractivity contribution is 7.89. The van der Waals surface area contributed by atoms with Gasteiger partial charge in [-0.2, -0.15) is 4.72 Å². The van der Waals surface area contributed by atoms with Gasteiger partial charge in [0, 0.05) is 23.4 Å². The van der Waals surface area contributed by atoms with Crippen molar-refractivity contribution >= 4 is 32.6 Å². The molecule has 2 atom stereocenters. The minimum absolute atomic E-state index is 0.00938. The molecule has 2 aromatic rings. The van der Waals surface area contributed by atoms with E-state index in [-0.39, 0.29) is 27.9 Å². The molecule has 8 heteroatoms. The topological polar surface area (TPSA) is 119 Å². The van der Waals surface area contributed by atoms with Crippen LogP contribution in [0.15, 0.2) is 41.4 Å². The van der Waals surface area contributed by atoms with Crippen molar-refractivity contribution in [1.29, 1.82) is 0 Å². The molecular weight excluding hydrogens is 438 g/mol. The number of nitrogens with one attached hydrogen (secondary N) is 1. The van der Waals surface area contributed by atoms with Crippen LogP contribution in [0.5, 0.6) is 0 Å². The maximum Gasteiger partial charge on any atom is 0.243 e. The minimum Gasteiger partial charge on any atom is -0.369 e. The molecule has 0 radical (unpaired) electrons. The Hall–Kier alpha value is -2.32. The predicted octanol–water partition coefficient (Wildman–Crippen LogP) is 2.93. The molecule has 3 N–H and O–H groups in total. The maximum atomic E-state index is 13.5. The number of nitrogens with zero attached hydrogens (tertiary/aromatic N) is 1. The van der Waals surface area contributed by atoms with Crippen molar-refractivity contribution in [3.63, 3.8) is 0 Å². The van der Waals surface area contributed by atoms with E-state index in [0.717, 1.165) is 37.5 Å². The fourth-order valence-electron chi connectivity index (χ4n) is 7.34. The number of pyridine rings is 1. The Kier molecular flexibility index (Phi) is 4.56. The molecule has 2 unspecified atom stereocenters. The number of primary amides is 1. The Morgan fingerprint density at radius 3 is 2.42 bits per heavy atom. The van der Waals surface area contributed by atoms with Crippen molar-refractivity contribution in [2.45, 2.75) is 61.8 Å². The molecule has 1 heterocycles. The molecule has 1 aromatic carbocycles. The fourth-order valence-corrected chi connectivity index (χ4v) is 8.97. The van der Waals surface area contributed by atoms with Gasteiger partial charge in [0.2, 0.25) is 15.9 Å². The van der Waals surface area contributed by atoms with Crippen LogP contribution in [0.3, 0.4) is 0 Å². The lowest BCUT2D eigenvalue weighted by atomic mass is 9.45. The summed E-state index contributed by atoms with van der Waals surface area (Å²) in [6.07, 6.45) is 7.60. The Balaban J connectivity index is 1.22. The molecule has 33 heavy (non-hydrogen) atoms. The summed E-state index contributed by atoms with van der Waals surface area (Å²) in [6.45, 7) is 0. The monoisotopic (exact) mass is 467 g/mol. The molecule has 5 saturated carbocycles. The molecule has 5 aliphatic carbocycles. The smallest absolute Gasteiger partial charge is 0.243 e. The van der Waals surface area contributed by atoms with Gasteiger partial charge in [-0.25, -0.2) is 8.42 Å². The van der Waals surface area contributed by atoms with E-state index < -0.39 is 15.6 Å². The lowest BCUT2D eigenvalue weighted by Gasteiger charge is -2.59. The molecule has 5 aliphatic rings. The first kappa shape index (κ1) is 21.2. The number of sulfonamides is 1. The van der Waals surface area contributed by atoms with Crippen LogP contribution in [-0.2, 0) is 19.6 Å². The number of fused-ring (bicyclic) bond motifs is 1. The number of benzene rings is 1. The third-order valence-corrected chi connectivity index (χ3v) is 10.5. The zero-order valence-corrected chi connectivity index (χ0v) is 19.3. The van der Waals surface area contributed by atoms with Gasteiger partial charge < -0.3 is 5.73 Å². The van der Waals surface area contributed by atoms with Crippen molar-refractivity contribution in [1.82, 2.24) is 9.71 Å². The van der Waals surface area contributed by atoms with Gasteiger partial charge in [0.1, 0.15) is 4.90 Å². The van der Waals surface area contributed by atoms with Crippen LogP contribution >= 0.6 is 0 Å². The third-order valence-electron chi connectivity index (χ3n) is 8.91. The summed E-state index contributed by atoms with van der Waals surface area (Å²) in [5.41, 5.74) is 4.82. The average Bonchev–Trinajstić information content (AvgIpc) is 3.55. The van der Waals surface area contributed by atoms with Gasteiger partial charge in [0.15, 0.2) is 5.78 Å². The van der Waals surface area contributed by atoms with Gasteiger partial charge in [-0.3, -0.25) is 14.6 Å². The Morgan fingerprint density at radius 1 is 1.06 bits per heavy atom. The zero-order chi connectivity index (χ0) is 23.0. The second-order valence-electron chi connectivity index (χ2n) is 10.9. The number of hydrogen-bond acceptors (Lipinski definition) is 5. The SMILES string of the molecule is NC(=O)C12CC3CC(C1)C(CC(=O)C1(NS(=O)(=O)c4cccc5cccnc45)CC1)C(C3)C2. The number of nitrogens with two attached hydrogens (primary N) is 1. The van der Waals surface area contributed by atoms with E-state index in [0.29, 0.717) is 42.5 Å². The van der Waals surface area contributed by atoms with Crippen LogP contribution < -0.4 is 10.5 Å². The number of para-hydroxylation sites is 1. The lowest BCUT2D eigenvalue weighted by Crippen LogP contribution is -2.56. The minimum atomic E-state index is -3.90. The maximum absolute atomic E-state index is 13.5. The molecule has 7 rings (SSSR count). The van der Waals surface area contributed by atoms with Gasteiger partial charge in [-0.15, -0.1) is 0 Å².